The van der Waals surface area contributed by atoms with Gasteiger partial charge in [-0.2, -0.15) is 0 Å². The Balaban J connectivity index is 0.00000225. The molecule has 0 radical (unpaired) electrons. The largest absolute Gasteiger partial charge is 0.451 e. The molecule has 1 aromatic heterocycles. The van der Waals surface area contributed by atoms with Gasteiger partial charge in [0.2, 0.25) is 0 Å². The quantitative estimate of drug-likeness (QED) is 0.606. The summed E-state index contributed by atoms with van der Waals surface area (Å²) in [7, 11) is 1.84. The van der Waals surface area contributed by atoms with E-state index >= 15 is 0 Å². The third-order valence-corrected chi connectivity index (χ3v) is 6.03. The zero-order valence-electron chi connectivity index (χ0n) is 15.5. The molecule has 1 N–H and O–H groups in total. The molecule has 7 heteroatoms. The van der Waals surface area contributed by atoms with Crippen LogP contribution in [-0.2, 0) is 5.75 Å². The first-order chi connectivity index (χ1) is 13.1. The van der Waals surface area contributed by atoms with Crippen LogP contribution in [0.4, 0.5) is 4.39 Å². The van der Waals surface area contributed by atoms with Crippen LogP contribution in [0.3, 0.4) is 0 Å². The zero-order chi connectivity index (χ0) is 18.8. The second kappa shape index (κ2) is 8.99. The lowest BCUT2D eigenvalue weighted by Crippen LogP contribution is -2.38. The van der Waals surface area contributed by atoms with Crippen LogP contribution < -0.4 is 5.32 Å². The SMILES string of the molecule is CN(C(=O)c1oc2ccccc2c1CSc1ccc(F)cc1)C1CCNC1.Cl. The fourth-order valence-corrected chi connectivity index (χ4v) is 4.32. The first-order valence-corrected chi connectivity index (χ1v) is 9.98. The summed E-state index contributed by atoms with van der Waals surface area (Å²) in [5, 5.41) is 4.24. The Kier molecular flexibility index (Phi) is 6.65. The number of fused-ring (bicyclic) bond motifs is 1. The summed E-state index contributed by atoms with van der Waals surface area (Å²) in [6, 6.07) is 14.3. The number of carbonyl (C=O) groups excluding carboxylic acids is 1. The predicted molar refractivity (Wildman–Crippen MR) is 113 cm³/mol. The topological polar surface area (TPSA) is 45.5 Å². The van der Waals surface area contributed by atoms with Crippen LogP contribution in [0, 0.1) is 5.82 Å². The van der Waals surface area contributed by atoms with Crippen LogP contribution in [0.1, 0.15) is 22.5 Å². The number of nitrogens with one attached hydrogen (secondary N) is 1. The highest BCUT2D eigenvalue weighted by atomic mass is 35.5. The van der Waals surface area contributed by atoms with Gasteiger partial charge in [-0.1, -0.05) is 18.2 Å². The van der Waals surface area contributed by atoms with Crippen molar-refractivity contribution >= 4 is 41.0 Å². The van der Waals surface area contributed by atoms with Crippen molar-refractivity contribution in [2.75, 3.05) is 20.1 Å². The predicted octanol–water partition coefficient (Wildman–Crippen LogP) is 4.72. The van der Waals surface area contributed by atoms with Crippen molar-refractivity contribution in [3.8, 4) is 0 Å². The fraction of sp³-hybridized carbons (Fsp3) is 0.286. The minimum absolute atomic E-state index is 0. The van der Waals surface area contributed by atoms with Crippen molar-refractivity contribution < 1.29 is 13.6 Å². The molecule has 4 rings (SSSR count). The van der Waals surface area contributed by atoms with E-state index in [0.29, 0.717) is 17.1 Å². The molecule has 148 valence electrons. The number of hydrogen-bond donors (Lipinski definition) is 1. The van der Waals surface area contributed by atoms with Crippen LogP contribution in [0.15, 0.2) is 57.8 Å². The minimum atomic E-state index is -0.254. The molecule has 2 heterocycles. The van der Waals surface area contributed by atoms with Crippen molar-refractivity contribution in [3.05, 3.63) is 65.7 Å². The maximum atomic E-state index is 13.1. The summed E-state index contributed by atoms with van der Waals surface area (Å²) in [4.78, 5) is 15.9. The molecule has 1 atom stereocenters. The molecule has 0 saturated carbocycles. The molecule has 4 nitrogen and oxygen atoms in total. The molecule has 0 spiro atoms. The molecule has 1 unspecified atom stereocenters. The molecule has 1 amide bonds. The standard InChI is InChI=1S/C21H21FN2O2S.ClH/c1-24(15-10-11-23-12-15)21(25)20-18(17-4-2-3-5-19(17)26-20)13-27-16-8-6-14(22)7-9-16;/h2-9,15,23H,10-13H2,1H3;1H. The first-order valence-electron chi connectivity index (χ1n) is 9.00. The molecule has 1 fully saturated rings. The molecule has 2 aromatic carbocycles. The van der Waals surface area contributed by atoms with Gasteiger partial charge >= 0.3 is 0 Å². The van der Waals surface area contributed by atoms with E-state index in [-0.39, 0.29) is 30.2 Å². The Hall–Kier alpha value is -2.02. The van der Waals surface area contributed by atoms with Gasteiger partial charge in [-0.25, -0.2) is 4.39 Å². The van der Waals surface area contributed by atoms with Gasteiger partial charge < -0.3 is 14.6 Å². The number of halogens is 2. The highest BCUT2D eigenvalue weighted by molar-refractivity contribution is 7.98. The van der Waals surface area contributed by atoms with Gasteiger partial charge in [-0.3, -0.25) is 4.79 Å². The van der Waals surface area contributed by atoms with Gasteiger partial charge in [-0.05, 0) is 43.3 Å². The molecule has 3 aromatic rings. The van der Waals surface area contributed by atoms with E-state index < -0.39 is 0 Å². The lowest BCUT2D eigenvalue weighted by atomic mass is 10.1. The smallest absolute Gasteiger partial charge is 0.289 e. The van der Waals surface area contributed by atoms with Crippen LogP contribution >= 0.6 is 24.2 Å². The molecule has 1 saturated heterocycles. The third kappa shape index (κ3) is 4.19. The van der Waals surface area contributed by atoms with Crippen LogP contribution in [-0.4, -0.2) is 37.0 Å². The summed E-state index contributed by atoms with van der Waals surface area (Å²) in [6.07, 6.45) is 0.947. The van der Waals surface area contributed by atoms with Crippen molar-refractivity contribution in [2.24, 2.45) is 0 Å². The van der Waals surface area contributed by atoms with E-state index in [2.05, 4.69) is 5.32 Å². The Morgan fingerprint density at radius 2 is 2.00 bits per heavy atom. The van der Waals surface area contributed by atoms with E-state index in [0.717, 1.165) is 35.4 Å². The summed E-state index contributed by atoms with van der Waals surface area (Å²) in [6.45, 7) is 1.73. The number of amides is 1. The van der Waals surface area contributed by atoms with Crippen molar-refractivity contribution in [1.29, 1.82) is 0 Å². The Labute approximate surface area is 173 Å². The highest BCUT2D eigenvalue weighted by Crippen LogP contribution is 2.33. The number of likely N-dealkylation sites (N-methyl/N-ethyl adjacent to an activating group) is 1. The summed E-state index contributed by atoms with van der Waals surface area (Å²) in [5.74, 6) is 0.645. The normalized spacial score (nSPS) is 16.1. The van der Waals surface area contributed by atoms with Crippen LogP contribution in [0.2, 0.25) is 0 Å². The minimum Gasteiger partial charge on any atom is -0.451 e. The second-order valence-electron chi connectivity index (χ2n) is 6.71. The number of thioether (sulfide) groups is 1. The number of benzene rings is 2. The number of carbonyl (C=O) groups is 1. The summed E-state index contributed by atoms with van der Waals surface area (Å²) >= 11 is 1.57. The number of furan rings is 1. The molecular formula is C21H22ClFN2O2S. The molecule has 0 aliphatic carbocycles. The lowest BCUT2D eigenvalue weighted by Gasteiger charge is -2.23. The summed E-state index contributed by atoms with van der Waals surface area (Å²) in [5.41, 5.74) is 1.61. The Morgan fingerprint density at radius 1 is 1.25 bits per heavy atom. The zero-order valence-corrected chi connectivity index (χ0v) is 17.1. The molecule has 1 aliphatic rings. The van der Waals surface area contributed by atoms with Crippen LogP contribution in [0.5, 0.6) is 0 Å². The number of hydrogen-bond acceptors (Lipinski definition) is 4. The summed E-state index contributed by atoms with van der Waals surface area (Å²) < 4.78 is 19.1. The number of para-hydroxylation sites is 1. The highest BCUT2D eigenvalue weighted by Gasteiger charge is 2.29. The van der Waals surface area contributed by atoms with Crippen molar-refractivity contribution in [1.82, 2.24) is 10.2 Å². The van der Waals surface area contributed by atoms with E-state index in [1.807, 2.05) is 31.3 Å². The maximum absolute atomic E-state index is 13.1. The molecule has 0 bridgehead atoms. The van der Waals surface area contributed by atoms with Gasteiger partial charge in [0, 0.05) is 41.2 Å². The van der Waals surface area contributed by atoms with Gasteiger partial charge in [0.25, 0.3) is 5.91 Å². The Bertz CT molecular complexity index is 955. The number of rotatable bonds is 5. The van der Waals surface area contributed by atoms with E-state index in [9.17, 15) is 9.18 Å². The van der Waals surface area contributed by atoms with Gasteiger partial charge in [0.05, 0.1) is 0 Å². The fourth-order valence-electron chi connectivity index (χ4n) is 3.40. The number of nitrogens with zero attached hydrogens (tertiary/aromatic N) is 1. The maximum Gasteiger partial charge on any atom is 0.289 e. The van der Waals surface area contributed by atoms with E-state index in [1.165, 1.54) is 12.1 Å². The average Bonchev–Trinajstić information content (AvgIpc) is 3.34. The van der Waals surface area contributed by atoms with Crippen molar-refractivity contribution in [2.45, 2.75) is 23.1 Å². The molecular weight excluding hydrogens is 399 g/mol. The van der Waals surface area contributed by atoms with Crippen LogP contribution in [0.25, 0.3) is 11.0 Å². The van der Waals surface area contributed by atoms with Crippen molar-refractivity contribution in [3.63, 3.8) is 0 Å². The van der Waals surface area contributed by atoms with Gasteiger partial charge in [0.15, 0.2) is 5.76 Å². The van der Waals surface area contributed by atoms with Gasteiger partial charge in [0.1, 0.15) is 11.4 Å². The molecule has 28 heavy (non-hydrogen) atoms. The monoisotopic (exact) mass is 420 g/mol. The van der Waals surface area contributed by atoms with Gasteiger partial charge in [-0.15, -0.1) is 24.2 Å². The average molecular weight is 421 g/mol. The first kappa shape index (κ1) is 20.7. The van der Waals surface area contributed by atoms with E-state index in [1.54, 1.807) is 28.8 Å². The van der Waals surface area contributed by atoms with E-state index in [4.69, 9.17) is 4.42 Å². The third-order valence-electron chi connectivity index (χ3n) is 4.99. The lowest BCUT2D eigenvalue weighted by molar-refractivity contribution is 0.0713. The molecule has 1 aliphatic heterocycles. The Morgan fingerprint density at radius 3 is 2.71 bits per heavy atom. The second-order valence-corrected chi connectivity index (χ2v) is 7.76.